The molecule has 0 spiro atoms. The van der Waals surface area contributed by atoms with Gasteiger partial charge in [-0.25, -0.2) is 4.79 Å². The fraction of sp³-hybridized carbons (Fsp3) is 0.214. The number of phenols is 1. The van der Waals surface area contributed by atoms with Gasteiger partial charge in [-0.15, -0.1) is 0 Å². The summed E-state index contributed by atoms with van der Waals surface area (Å²) in [7, 11) is 3.18. The zero-order valence-electron chi connectivity index (χ0n) is 19.8. The van der Waals surface area contributed by atoms with E-state index >= 15 is 0 Å². The number of hydrogen-bond acceptors (Lipinski definition) is 4. The Hall–Kier alpha value is -4.10. The normalized spacial score (nSPS) is 15.6. The van der Waals surface area contributed by atoms with E-state index in [9.17, 15) is 14.7 Å². The Labute approximate surface area is 201 Å². The maximum Gasteiger partial charge on any atom is 0.331 e. The van der Waals surface area contributed by atoms with Crippen molar-refractivity contribution in [3.05, 3.63) is 98.3 Å². The van der Waals surface area contributed by atoms with Crippen LogP contribution in [0.15, 0.2) is 70.3 Å². The van der Waals surface area contributed by atoms with Crippen LogP contribution < -0.4 is 11.2 Å². The molecule has 0 fully saturated rings. The van der Waals surface area contributed by atoms with Crippen LogP contribution in [0.5, 0.6) is 5.75 Å². The largest absolute Gasteiger partial charge is 0.508 e. The van der Waals surface area contributed by atoms with Crippen LogP contribution in [-0.4, -0.2) is 25.4 Å². The monoisotopic (exact) mass is 467 g/mol. The van der Waals surface area contributed by atoms with Crippen LogP contribution in [-0.2, 0) is 25.4 Å². The lowest BCUT2D eigenvalue weighted by molar-refractivity contribution is 0.0474. The number of ether oxygens (including phenoxy) is 1. The van der Waals surface area contributed by atoms with Crippen molar-refractivity contribution in [3.8, 4) is 17.0 Å². The van der Waals surface area contributed by atoms with Gasteiger partial charge in [-0.2, -0.15) is 0 Å². The van der Waals surface area contributed by atoms with Crippen LogP contribution in [0.25, 0.3) is 32.9 Å². The fourth-order valence-corrected chi connectivity index (χ4v) is 5.37. The first-order valence-electron chi connectivity index (χ1n) is 11.6. The highest BCUT2D eigenvalue weighted by atomic mass is 16.5. The zero-order chi connectivity index (χ0) is 24.4. The molecule has 1 N–H and O–H groups in total. The fourth-order valence-electron chi connectivity index (χ4n) is 5.37. The summed E-state index contributed by atoms with van der Waals surface area (Å²) in [5.74, 6) is 0.113. The minimum absolute atomic E-state index is 0.113. The molecule has 7 nitrogen and oxygen atoms in total. The van der Waals surface area contributed by atoms with Crippen molar-refractivity contribution in [1.29, 1.82) is 0 Å². The Balaban J connectivity index is 1.79. The van der Waals surface area contributed by atoms with Crippen LogP contribution in [0.2, 0.25) is 0 Å². The summed E-state index contributed by atoms with van der Waals surface area (Å²) in [6.07, 6.45) is -0.658. The Kier molecular flexibility index (Phi) is 4.72. The summed E-state index contributed by atoms with van der Waals surface area (Å²) < 4.78 is 11.1. The van der Waals surface area contributed by atoms with Crippen molar-refractivity contribution in [2.24, 2.45) is 14.1 Å². The van der Waals surface area contributed by atoms with Gasteiger partial charge in [-0.3, -0.25) is 13.9 Å². The molecule has 0 saturated carbocycles. The number of benzene rings is 3. The zero-order valence-corrected chi connectivity index (χ0v) is 19.8. The number of aromatic hydroxyl groups is 1. The molecule has 0 amide bonds. The van der Waals surface area contributed by atoms with E-state index in [4.69, 9.17) is 4.74 Å². The van der Waals surface area contributed by atoms with Gasteiger partial charge < -0.3 is 14.4 Å². The van der Waals surface area contributed by atoms with E-state index in [0.717, 1.165) is 32.2 Å². The van der Waals surface area contributed by atoms with E-state index in [2.05, 4.69) is 4.57 Å². The van der Waals surface area contributed by atoms with E-state index < -0.39 is 11.8 Å². The molecule has 176 valence electrons. The number of aryl methyl sites for hydroxylation is 2. The van der Waals surface area contributed by atoms with E-state index in [1.807, 2.05) is 61.5 Å². The molecule has 0 bridgehead atoms. The molecule has 3 aromatic carbocycles. The maximum absolute atomic E-state index is 13.5. The molecule has 1 aliphatic heterocycles. The van der Waals surface area contributed by atoms with Crippen LogP contribution in [0, 0.1) is 6.92 Å². The molecule has 35 heavy (non-hydrogen) atoms. The molecule has 1 aliphatic rings. The van der Waals surface area contributed by atoms with Crippen molar-refractivity contribution >= 4 is 21.7 Å². The van der Waals surface area contributed by atoms with Crippen molar-refractivity contribution in [3.63, 3.8) is 0 Å². The first-order chi connectivity index (χ1) is 16.9. The molecule has 0 aliphatic carbocycles. The van der Waals surface area contributed by atoms with Gasteiger partial charge in [0.05, 0.1) is 28.9 Å². The third kappa shape index (κ3) is 3.01. The molecule has 5 aromatic rings. The summed E-state index contributed by atoms with van der Waals surface area (Å²) >= 11 is 0. The van der Waals surface area contributed by atoms with Gasteiger partial charge in [0, 0.05) is 26.2 Å². The van der Waals surface area contributed by atoms with Crippen LogP contribution in [0.3, 0.4) is 0 Å². The smallest absolute Gasteiger partial charge is 0.331 e. The predicted octanol–water partition coefficient (Wildman–Crippen LogP) is 3.99. The highest BCUT2D eigenvalue weighted by molar-refractivity contribution is 5.97. The van der Waals surface area contributed by atoms with Gasteiger partial charge in [0.1, 0.15) is 11.9 Å². The predicted molar refractivity (Wildman–Crippen MR) is 136 cm³/mol. The lowest BCUT2D eigenvalue weighted by atomic mass is 9.96. The van der Waals surface area contributed by atoms with E-state index in [1.54, 1.807) is 13.1 Å². The second-order valence-electron chi connectivity index (χ2n) is 9.15. The Morgan fingerprint density at radius 1 is 0.943 bits per heavy atom. The molecule has 2 aromatic heterocycles. The molecular formula is C28H25N3O4. The Bertz CT molecular complexity index is 1760. The van der Waals surface area contributed by atoms with Gasteiger partial charge in [-0.1, -0.05) is 60.2 Å². The van der Waals surface area contributed by atoms with E-state index in [-0.39, 0.29) is 11.3 Å². The number of rotatable bonds is 2. The minimum atomic E-state index is -0.658. The van der Waals surface area contributed by atoms with E-state index in [1.165, 1.54) is 11.6 Å². The third-order valence-corrected chi connectivity index (χ3v) is 7.09. The Morgan fingerprint density at radius 3 is 2.46 bits per heavy atom. The number of aromatic nitrogens is 3. The van der Waals surface area contributed by atoms with Gasteiger partial charge in [0.25, 0.3) is 5.56 Å². The first-order valence-corrected chi connectivity index (χ1v) is 11.6. The summed E-state index contributed by atoms with van der Waals surface area (Å²) in [6.45, 7) is 2.94. The second-order valence-corrected chi connectivity index (χ2v) is 9.15. The second kappa shape index (κ2) is 7.71. The summed E-state index contributed by atoms with van der Waals surface area (Å²) in [6, 6.07) is 19.4. The first kappa shape index (κ1) is 21.4. The lowest BCUT2D eigenvalue weighted by Gasteiger charge is -2.29. The van der Waals surface area contributed by atoms with Crippen LogP contribution in [0.4, 0.5) is 0 Å². The molecule has 1 atom stereocenters. The number of phenolic OH excluding ortho intramolecular Hbond substituents is 1. The van der Waals surface area contributed by atoms with Crippen molar-refractivity contribution in [1.82, 2.24) is 13.7 Å². The van der Waals surface area contributed by atoms with Gasteiger partial charge in [0.2, 0.25) is 0 Å². The van der Waals surface area contributed by atoms with Crippen molar-refractivity contribution in [2.45, 2.75) is 19.6 Å². The number of fused-ring (bicyclic) bond motifs is 4. The molecule has 0 saturated heterocycles. The molecule has 1 unspecified atom stereocenters. The summed E-state index contributed by atoms with van der Waals surface area (Å²) in [4.78, 5) is 26.6. The number of nitrogens with zero attached hydrogens (tertiary/aromatic N) is 3. The summed E-state index contributed by atoms with van der Waals surface area (Å²) in [5.41, 5.74) is 3.89. The molecule has 0 radical (unpaired) electrons. The van der Waals surface area contributed by atoms with Crippen LogP contribution >= 0.6 is 0 Å². The van der Waals surface area contributed by atoms with Gasteiger partial charge in [-0.05, 0) is 29.3 Å². The minimum Gasteiger partial charge on any atom is -0.508 e. The van der Waals surface area contributed by atoms with Crippen LogP contribution in [0.1, 0.15) is 22.9 Å². The maximum atomic E-state index is 13.5. The highest BCUT2D eigenvalue weighted by Crippen LogP contribution is 2.44. The highest BCUT2D eigenvalue weighted by Gasteiger charge is 2.35. The van der Waals surface area contributed by atoms with E-state index in [0.29, 0.717) is 35.3 Å². The third-order valence-electron chi connectivity index (χ3n) is 7.09. The number of hydrogen-bond donors (Lipinski definition) is 1. The average molecular weight is 468 g/mol. The molecule has 6 rings (SSSR count). The Morgan fingerprint density at radius 2 is 1.69 bits per heavy atom. The average Bonchev–Trinajstić information content (AvgIpc) is 3.22. The van der Waals surface area contributed by atoms with Gasteiger partial charge in [0.15, 0.2) is 0 Å². The quantitative estimate of drug-likeness (QED) is 0.426. The molecule has 3 heterocycles. The van der Waals surface area contributed by atoms with Gasteiger partial charge >= 0.3 is 5.69 Å². The standard InChI is InChI=1S/C28H25N3O4/c1-16-8-10-18(11-9-16)23-22-24(29(2)28(34)30(3)27(22)33)25-26(35-15-14-31(23)25)21-19-7-5-4-6-17(19)12-13-20(21)32/h4-13,26,32H,14-15H2,1-3H3. The summed E-state index contributed by atoms with van der Waals surface area (Å²) in [5, 5.41) is 13.3. The van der Waals surface area contributed by atoms with Crippen molar-refractivity contribution in [2.75, 3.05) is 6.61 Å². The lowest BCUT2D eigenvalue weighted by Crippen LogP contribution is -2.37. The molecular weight excluding hydrogens is 442 g/mol. The SMILES string of the molecule is Cc1ccc(-c2c3c(=O)n(C)c(=O)n(C)c3c3n2CCOC3c2c(O)ccc3ccccc23)cc1. The topological polar surface area (TPSA) is 78.4 Å². The van der Waals surface area contributed by atoms with Crippen molar-refractivity contribution < 1.29 is 9.84 Å². The molecule has 7 heteroatoms.